The number of nitrogens with one attached hydrogen (secondary N) is 1. The highest BCUT2D eigenvalue weighted by Gasteiger charge is 2.06. The standard InChI is InChI=1S/C15H21ClN4S/c1-11(2)6-17-7-12-8-19-15(9-18-12)20(3)10-13-4-5-14(16)21-13/h4-5,8-9,11,17H,6-7,10H2,1-3H3. The average molecular weight is 325 g/mol. The summed E-state index contributed by atoms with van der Waals surface area (Å²) in [5, 5.41) is 3.36. The number of anilines is 1. The number of hydrogen-bond acceptors (Lipinski definition) is 5. The lowest BCUT2D eigenvalue weighted by molar-refractivity contribution is 0.547. The van der Waals surface area contributed by atoms with Gasteiger partial charge in [0.1, 0.15) is 5.82 Å². The first-order valence-corrected chi connectivity index (χ1v) is 8.21. The monoisotopic (exact) mass is 324 g/mol. The fourth-order valence-electron chi connectivity index (χ4n) is 1.88. The zero-order valence-electron chi connectivity index (χ0n) is 12.6. The molecule has 4 nitrogen and oxygen atoms in total. The summed E-state index contributed by atoms with van der Waals surface area (Å²) in [5.41, 5.74) is 0.965. The van der Waals surface area contributed by atoms with E-state index in [0.717, 1.165) is 35.5 Å². The first kappa shape index (κ1) is 16.2. The van der Waals surface area contributed by atoms with Gasteiger partial charge in [-0.15, -0.1) is 11.3 Å². The third kappa shape index (κ3) is 5.26. The normalized spacial score (nSPS) is 11.1. The fraction of sp³-hybridized carbons (Fsp3) is 0.467. The lowest BCUT2D eigenvalue weighted by atomic mass is 10.2. The molecular formula is C15H21ClN4S. The number of thiophene rings is 1. The Morgan fingerprint density at radius 2 is 2.10 bits per heavy atom. The van der Waals surface area contributed by atoms with E-state index < -0.39 is 0 Å². The molecule has 0 saturated heterocycles. The first-order chi connectivity index (χ1) is 10.0. The highest BCUT2D eigenvalue weighted by Crippen LogP contribution is 2.23. The minimum absolute atomic E-state index is 0.640. The van der Waals surface area contributed by atoms with Crippen molar-refractivity contribution in [1.82, 2.24) is 15.3 Å². The van der Waals surface area contributed by atoms with Gasteiger partial charge in [-0.3, -0.25) is 4.98 Å². The van der Waals surface area contributed by atoms with E-state index in [1.165, 1.54) is 4.88 Å². The van der Waals surface area contributed by atoms with E-state index in [-0.39, 0.29) is 0 Å². The summed E-state index contributed by atoms with van der Waals surface area (Å²) in [5.74, 6) is 1.51. The number of hydrogen-bond donors (Lipinski definition) is 1. The molecule has 0 atom stereocenters. The van der Waals surface area contributed by atoms with E-state index in [1.54, 1.807) is 11.3 Å². The topological polar surface area (TPSA) is 41.1 Å². The van der Waals surface area contributed by atoms with Gasteiger partial charge in [0, 0.05) is 18.5 Å². The number of aromatic nitrogens is 2. The van der Waals surface area contributed by atoms with Gasteiger partial charge >= 0.3 is 0 Å². The second kappa shape index (κ2) is 7.73. The summed E-state index contributed by atoms with van der Waals surface area (Å²) in [6.45, 7) is 6.91. The Morgan fingerprint density at radius 3 is 2.67 bits per heavy atom. The minimum atomic E-state index is 0.640. The highest BCUT2D eigenvalue weighted by molar-refractivity contribution is 7.16. The molecular weight excluding hydrogens is 304 g/mol. The van der Waals surface area contributed by atoms with Crippen LogP contribution in [0, 0.1) is 5.92 Å². The maximum atomic E-state index is 5.95. The average Bonchev–Trinajstić information content (AvgIpc) is 2.84. The predicted molar refractivity (Wildman–Crippen MR) is 90.0 cm³/mol. The molecule has 0 fully saturated rings. The zero-order chi connectivity index (χ0) is 15.2. The lowest BCUT2D eigenvalue weighted by Crippen LogP contribution is -2.21. The minimum Gasteiger partial charge on any atom is -0.353 e. The maximum absolute atomic E-state index is 5.95. The molecule has 2 aromatic heterocycles. The molecule has 2 heterocycles. The summed E-state index contributed by atoms with van der Waals surface area (Å²) >= 11 is 7.54. The van der Waals surface area contributed by atoms with Crippen LogP contribution < -0.4 is 10.2 Å². The van der Waals surface area contributed by atoms with Crippen LogP contribution in [0.5, 0.6) is 0 Å². The van der Waals surface area contributed by atoms with Gasteiger partial charge in [0.05, 0.1) is 29.0 Å². The van der Waals surface area contributed by atoms with Gasteiger partial charge in [-0.25, -0.2) is 4.98 Å². The van der Waals surface area contributed by atoms with Crippen molar-refractivity contribution >= 4 is 28.8 Å². The lowest BCUT2D eigenvalue weighted by Gasteiger charge is -2.17. The van der Waals surface area contributed by atoms with Crippen molar-refractivity contribution in [2.75, 3.05) is 18.5 Å². The fourth-order valence-corrected chi connectivity index (χ4v) is 3.02. The van der Waals surface area contributed by atoms with Crippen LogP contribution in [-0.2, 0) is 13.1 Å². The number of nitrogens with zero attached hydrogens (tertiary/aromatic N) is 3. The van der Waals surface area contributed by atoms with Crippen LogP contribution >= 0.6 is 22.9 Å². The molecule has 0 aliphatic carbocycles. The molecule has 6 heteroatoms. The molecule has 2 aromatic rings. The second-order valence-corrected chi connectivity index (χ2v) is 7.25. The molecule has 21 heavy (non-hydrogen) atoms. The van der Waals surface area contributed by atoms with Crippen LogP contribution in [0.1, 0.15) is 24.4 Å². The van der Waals surface area contributed by atoms with Gasteiger partial charge in [0.2, 0.25) is 0 Å². The summed E-state index contributed by atoms with van der Waals surface area (Å²) in [4.78, 5) is 12.2. The second-order valence-electron chi connectivity index (χ2n) is 5.45. The quantitative estimate of drug-likeness (QED) is 0.845. The Labute approximate surface area is 135 Å². The van der Waals surface area contributed by atoms with Crippen molar-refractivity contribution in [1.29, 1.82) is 0 Å². The largest absolute Gasteiger partial charge is 0.353 e. The van der Waals surface area contributed by atoms with E-state index in [9.17, 15) is 0 Å². The highest BCUT2D eigenvalue weighted by atomic mass is 35.5. The van der Waals surface area contributed by atoms with E-state index >= 15 is 0 Å². The third-order valence-electron chi connectivity index (χ3n) is 2.96. The molecule has 0 unspecified atom stereocenters. The van der Waals surface area contributed by atoms with E-state index in [4.69, 9.17) is 11.6 Å². The molecule has 0 aliphatic heterocycles. The van der Waals surface area contributed by atoms with Crippen LogP contribution in [0.25, 0.3) is 0 Å². The van der Waals surface area contributed by atoms with Gasteiger partial charge in [-0.05, 0) is 24.6 Å². The Hall–Kier alpha value is -1.17. The van der Waals surface area contributed by atoms with Crippen molar-refractivity contribution in [2.24, 2.45) is 5.92 Å². The summed E-state index contributed by atoms with van der Waals surface area (Å²) < 4.78 is 0.816. The smallest absolute Gasteiger partial charge is 0.147 e. The molecule has 0 amide bonds. The molecule has 0 spiro atoms. The van der Waals surface area contributed by atoms with Gasteiger partial charge in [0.25, 0.3) is 0 Å². The number of halogens is 1. The van der Waals surface area contributed by atoms with Gasteiger partial charge in [-0.2, -0.15) is 0 Å². The van der Waals surface area contributed by atoms with Gasteiger partial charge in [0.15, 0.2) is 0 Å². The van der Waals surface area contributed by atoms with Crippen LogP contribution in [0.2, 0.25) is 4.34 Å². The van der Waals surface area contributed by atoms with Crippen molar-refractivity contribution in [3.8, 4) is 0 Å². The van der Waals surface area contributed by atoms with Crippen LogP contribution in [0.4, 0.5) is 5.82 Å². The van der Waals surface area contributed by atoms with Crippen molar-refractivity contribution in [2.45, 2.75) is 26.9 Å². The van der Waals surface area contributed by atoms with Crippen molar-refractivity contribution < 1.29 is 0 Å². The van der Waals surface area contributed by atoms with Crippen LogP contribution in [0.15, 0.2) is 24.5 Å². The van der Waals surface area contributed by atoms with Crippen LogP contribution in [0.3, 0.4) is 0 Å². The Bertz CT molecular complexity index is 553. The summed E-state index contributed by atoms with van der Waals surface area (Å²) in [6, 6.07) is 3.96. The summed E-state index contributed by atoms with van der Waals surface area (Å²) in [6.07, 6.45) is 3.65. The van der Waals surface area contributed by atoms with Crippen molar-refractivity contribution in [3.63, 3.8) is 0 Å². The van der Waals surface area contributed by atoms with Crippen molar-refractivity contribution in [3.05, 3.63) is 39.4 Å². The molecule has 0 aromatic carbocycles. The van der Waals surface area contributed by atoms with E-state index in [2.05, 4.69) is 34.0 Å². The molecule has 114 valence electrons. The molecule has 2 rings (SSSR count). The number of rotatable bonds is 7. The molecule has 0 aliphatic rings. The summed E-state index contributed by atoms with van der Waals surface area (Å²) in [7, 11) is 2.01. The molecule has 0 saturated carbocycles. The third-order valence-corrected chi connectivity index (χ3v) is 4.18. The molecule has 1 N–H and O–H groups in total. The molecule has 0 radical (unpaired) electrons. The Kier molecular flexibility index (Phi) is 5.96. The van der Waals surface area contributed by atoms with E-state index in [1.807, 2.05) is 31.6 Å². The maximum Gasteiger partial charge on any atom is 0.147 e. The van der Waals surface area contributed by atoms with Crippen LogP contribution in [-0.4, -0.2) is 23.6 Å². The predicted octanol–water partition coefficient (Wildman–Crippen LogP) is 3.57. The first-order valence-electron chi connectivity index (χ1n) is 7.01. The molecule has 0 bridgehead atoms. The Morgan fingerprint density at radius 1 is 1.29 bits per heavy atom. The van der Waals surface area contributed by atoms with Gasteiger partial charge < -0.3 is 10.2 Å². The van der Waals surface area contributed by atoms with Gasteiger partial charge in [-0.1, -0.05) is 25.4 Å². The zero-order valence-corrected chi connectivity index (χ0v) is 14.2. The SMILES string of the molecule is CC(C)CNCc1cnc(N(C)Cc2ccc(Cl)s2)cn1. The van der Waals surface area contributed by atoms with E-state index in [0.29, 0.717) is 5.92 Å². The Balaban J connectivity index is 1.88.